The lowest BCUT2D eigenvalue weighted by molar-refractivity contribution is 0.0602. The van der Waals surface area contributed by atoms with Gasteiger partial charge in [0, 0.05) is 4.47 Å². The van der Waals surface area contributed by atoms with E-state index in [9.17, 15) is 9.59 Å². The molecule has 0 bridgehead atoms. The summed E-state index contributed by atoms with van der Waals surface area (Å²) in [5.41, 5.74) is 1.04. The van der Waals surface area contributed by atoms with Crippen molar-refractivity contribution in [1.29, 1.82) is 0 Å². The fourth-order valence-corrected chi connectivity index (χ4v) is 2.39. The molecule has 0 radical (unpaired) electrons. The van der Waals surface area contributed by atoms with Gasteiger partial charge in [-0.25, -0.2) is 4.79 Å². The molecule has 2 aromatic rings. The first-order chi connectivity index (χ1) is 11.1. The van der Waals surface area contributed by atoms with Gasteiger partial charge >= 0.3 is 5.97 Å². The molecule has 1 N–H and O–H groups in total. The highest BCUT2D eigenvalue weighted by Crippen LogP contribution is 2.24. The quantitative estimate of drug-likeness (QED) is 0.802. The highest BCUT2D eigenvalue weighted by atomic mass is 79.9. The van der Waals surface area contributed by atoms with Gasteiger partial charge in [-0.1, -0.05) is 28.1 Å². The molecular weight excluding hydrogens is 362 g/mol. The molecular formula is C17H16BrNO4. The van der Waals surface area contributed by atoms with Crippen LogP contribution in [0.3, 0.4) is 0 Å². The third-order valence-electron chi connectivity index (χ3n) is 3.07. The fraction of sp³-hybridized carbons (Fsp3) is 0.176. The van der Waals surface area contributed by atoms with Crippen molar-refractivity contribution in [2.24, 2.45) is 0 Å². The molecule has 0 aliphatic carbocycles. The van der Waals surface area contributed by atoms with Crippen LogP contribution in [0.1, 0.15) is 27.6 Å². The first-order valence-electron chi connectivity index (χ1n) is 6.97. The lowest BCUT2D eigenvalue weighted by Crippen LogP contribution is -2.16. The molecule has 0 aliphatic rings. The molecule has 0 aliphatic heterocycles. The molecule has 0 unspecified atom stereocenters. The number of hydrogen-bond donors (Lipinski definition) is 1. The zero-order chi connectivity index (χ0) is 16.8. The van der Waals surface area contributed by atoms with Crippen LogP contribution in [0.4, 0.5) is 5.69 Å². The van der Waals surface area contributed by atoms with E-state index in [-0.39, 0.29) is 11.5 Å². The van der Waals surface area contributed by atoms with Gasteiger partial charge < -0.3 is 14.8 Å². The first-order valence-corrected chi connectivity index (χ1v) is 7.77. The molecule has 23 heavy (non-hydrogen) atoms. The van der Waals surface area contributed by atoms with Crippen LogP contribution in [0.5, 0.6) is 5.75 Å². The highest BCUT2D eigenvalue weighted by Gasteiger charge is 2.17. The maximum atomic E-state index is 12.5. The average Bonchev–Trinajstić information content (AvgIpc) is 2.56. The molecule has 0 aromatic heterocycles. The summed E-state index contributed by atoms with van der Waals surface area (Å²) in [6.45, 7) is 2.30. The van der Waals surface area contributed by atoms with Crippen LogP contribution in [-0.4, -0.2) is 25.6 Å². The third-order valence-corrected chi connectivity index (χ3v) is 3.56. The molecule has 1 amide bonds. The Hall–Kier alpha value is -2.34. The smallest absolute Gasteiger partial charge is 0.340 e. The summed E-state index contributed by atoms with van der Waals surface area (Å²) in [7, 11) is 1.29. The zero-order valence-corrected chi connectivity index (χ0v) is 14.3. The Kier molecular flexibility index (Phi) is 5.76. The molecule has 6 heteroatoms. The highest BCUT2D eigenvalue weighted by molar-refractivity contribution is 9.10. The first kappa shape index (κ1) is 17.0. The number of methoxy groups -OCH3 is 1. The van der Waals surface area contributed by atoms with Crippen molar-refractivity contribution in [3.05, 3.63) is 58.1 Å². The minimum Gasteiger partial charge on any atom is -0.493 e. The second-order valence-electron chi connectivity index (χ2n) is 4.56. The zero-order valence-electron chi connectivity index (χ0n) is 12.8. The average molecular weight is 378 g/mol. The lowest BCUT2D eigenvalue weighted by atomic mass is 10.1. The number of anilines is 1. The molecule has 0 spiro atoms. The minimum atomic E-state index is -0.528. The van der Waals surface area contributed by atoms with E-state index < -0.39 is 5.97 Å². The second kappa shape index (κ2) is 7.78. The number of benzene rings is 2. The van der Waals surface area contributed by atoms with Gasteiger partial charge in [-0.2, -0.15) is 0 Å². The van der Waals surface area contributed by atoms with E-state index >= 15 is 0 Å². The minimum absolute atomic E-state index is 0.268. The van der Waals surface area contributed by atoms with Gasteiger partial charge in [-0.15, -0.1) is 0 Å². The van der Waals surface area contributed by atoms with Crippen molar-refractivity contribution in [2.45, 2.75) is 6.92 Å². The number of nitrogens with one attached hydrogen (secondary N) is 1. The summed E-state index contributed by atoms with van der Waals surface area (Å²) in [6, 6.07) is 11.9. The van der Waals surface area contributed by atoms with Crippen molar-refractivity contribution in [1.82, 2.24) is 0 Å². The maximum absolute atomic E-state index is 12.5. The Bertz CT molecular complexity index is 730. The van der Waals surface area contributed by atoms with Crippen molar-refractivity contribution in [3.8, 4) is 5.75 Å². The largest absolute Gasteiger partial charge is 0.493 e. The van der Waals surface area contributed by atoms with Gasteiger partial charge in [0.25, 0.3) is 5.91 Å². The van der Waals surface area contributed by atoms with Crippen molar-refractivity contribution in [2.75, 3.05) is 19.0 Å². The number of para-hydroxylation sites is 1. The SMILES string of the molecule is CCOc1ccccc1C(=O)Nc1ccc(Br)cc1C(=O)OC. The van der Waals surface area contributed by atoms with Gasteiger partial charge in [-0.3, -0.25) is 4.79 Å². The summed E-state index contributed by atoms with van der Waals surface area (Å²) in [5, 5.41) is 2.73. The Balaban J connectivity index is 2.33. The maximum Gasteiger partial charge on any atom is 0.340 e. The molecule has 0 atom stereocenters. The molecule has 2 aromatic carbocycles. The lowest BCUT2D eigenvalue weighted by Gasteiger charge is -2.12. The van der Waals surface area contributed by atoms with E-state index in [1.54, 1.807) is 42.5 Å². The van der Waals surface area contributed by atoms with Crippen molar-refractivity contribution >= 4 is 33.5 Å². The number of carbonyl (C=O) groups is 2. The van der Waals surface area contributed by atoms with Gasteiger partial charge in [0.05, 0.1) is 30.5 Å². The van der Waals surface area contributed by atoms with Gasteiger partial charge in [0.15, 0.2) is 0 Å². The standard InChI is InChI=1S/C17H16BrNO4/c1-3-23-15-7-5-4-6-12(15)16(20)19-14-9-8-11(18)10-13(14)17(21)22-2/h4-10H,3H2,1-2H3,(H,19,20). The number of esters is 1. The van der Waals surface area contributed by atoms with Crippen LogP contribution in [0, 0.1) is 0 Å². The normalized spacial score (nSPS) is 10.0. The number of halogens is 1. The van der Waals surface area contributed by atoms with Crippen LogP contribution in [0.2, 0.25) is 0 Å². The Morgan fingerprint density at radius 1 is 1.13 bits per heavy atom. The topological polar surface area (TPSA) is 64.6 Å². The monoisotopic (exact) mass is 377 g/mol. The molecule has 0 saturated carbocycles. The van der Waals surface area contributed by atoms with Gasteiger partial charge in [-0.05, 0) is 37.3 Å². The summed E-state index contributed by atoms with van der Waals surface area (Å²) >= 11 is 3.30. The van der Waals surface area contributed by atoms with E-state index in [1.807, 2.05) is 6.92 Å². The molecule has 5 nitrogen and oxygen atoms in total. The number of carbonyl (C=O) groups excluding carboxylic acids is 2. The van der Waals surface area contributed by atoms with E-state index in [2.05, 4.69) is 21.2 Å². The second-order valence-corrected chi connectivity index (χ2v) is 5.48. The molecule has 120 valence electrons. The number of ether oxygens (including phenoxy) is 2. The number of rotatable bonds is 5. The summed E-state index contributed by atoms with van der Waals surface area (Å²) in [4.78, 5) is 24.4. The van der Waals surface area contributed by atoms with Crippen LogP contribution >= 0.6 is 15.9 Å². The van der Waals surface area contributed by atoms with E-state index in [1.165, 1.54) is 7.11 Å². The van der Waals surface area contributed by atoms with Crippen LogP contribution in [0.25, 0.3) is 0 Å². The van der Waals surface area contributed by atoms with Crippen LogP contribution < -0.4 is 10.1 Å². The van der Waals surface area contributed by atoms with Crippen molar-refractivity contribution in [3.63, 3.8) is 0 Å². The number of hydrogen-bond acceptors (Lipinski definition) is 4. The third kappa shape index (κ3) is 4.10. The van der Waals surface area contributed by atoms with Gasteiger partial charge in [0.1, 0.15) is 5.75 Å². The predicted molar refractivity (Wildman–Crippen MR) is 91.0 cm³/mol. The molecule has 0 saturated heterocycles. The van der Waals surface area contributed by atoms with E-state index in [0.717, 1.165) is 0 Å². The molecule has 0 fully saturated rings. The molecule has 2 rings (SSSR count). The van der Waals surface area contributed by atoms with Crippen LogP contribution in [-0.2, 0) is 4.74 Å². The van der Waals surface area contributed by atoms with Crippen molar-refractivity contribution < 1.29 is 19.1 Å². The van der Waals surface area contributed by atoms with Gasteiger partial charge in [0.2, 0.25) is 0 Å². The fourth-order valence-electron chi connectivity index (χ4n) is 2.03. The summed E-state index contributed by atoms with van der Waals surface area (Å²) in [6.07, 6.45) is 0. The van der Waals surface area contributed by atoms with E-state index in [4.69, 9.17) is 9.47 Å². The van der Waals surface area contributed by atoms with Crippen LogP contribution in [0.15, 0.2) is 46.9 Å². The molecule has 0 heterocycles. The van der Waals surface area contributed by atoms with E-state index in [0.29, 0.717) is 28.1 Å². The summed E-state index contributed by atoms with van der Waals surface area (Å²) in [5.74, 6) is -0.398. The number of amides is 1. The Morgan fingerprint density at radius 3 is 2.57 bits per heavy atom. The predicted octanol–water partition coefficient (Wildman–Crippen LogP) is 3.89. The Morgan fingerprint density at radius 2 is 1.87 bits per heavy atom. The summed E-state index contributed by atoms with van der Waals surface area (Å²) < 4.78 is 10.9. The Labute approximate surface area is 142 Å².